The molecular weight excluding hydrogens is 476 g/mol. The number of aromatic nitrogens is 4. The van der Waals surface area contributed by atoms with E-state index in [1.165, 1.54) is 36.9 Å². The molecule has 1 fully saturated rings. The second-order valence-corrected chi connectivity index (χ2v) is 9.55. The van der Waals surface area contributed by atoms with Gasteiger partial charge in [-0.05, 0) is 38.8 Å². The van der Waals surface area contributed by atoms with E-state index in [1.54, 1.807) is 10.6 Å². The van der Waals surface area contributed by atoms with Crippen molar-refractivity contribution in [3.05, 3.63) is 67.9 Å². The number of methoxy groups -OCH3 is 1. The lowest BCUT2D eigenvalue weighted by atomic mass is 10.1. The lowest BCUT2D eigenvalue weighted by Crippen LogP contribution is -2.44. The van der Waals surface area contributed by atoms with Gasteiger partial charge < -0.3 is 19.9 Å². The molecule has 0 amide bonds. The number of ether oxygens (including phenoxy) is 1. The zero-order valence-electron chi connectivity index (χ0n) is 21.6. The van der Waals surface area contributed by atoms with Crippen LogP contribution < -0.4 is 21.9 Å². The number of aryl methyl sites for hydroxylation is 1. The number of nitrogens with zero attached hydrogens (tertiary/aromatic N) is 5. The molecule has 4 rings (SSSR count). The number of fused-ring (bicyclic) bond motifs is 1. The van der Waals surface area contributed by atoms with Crippen LogP contribution in [0.2, 0.25) is 0 Å². The highest BCUT2D eigenvalue weighted by atomic mass is 16.5. The first kappa shape index (κ1) is 26.1. The van der Waals surface area contributed by atoms with Crippen LogP contribution in [0.4, 0.5) is 5.95 Å². The second-order valence-electron chi connectivity index (χ2n) is 9.55. The van der Waals surface area contributed by atoms with Crippen molar-refractivity contribution >= 4 is 28.9 Å². The molecule has 11 nitrogen and oxygen atoms in total. The molecule has 2 N–H and O–H groups in total. The van der Waals surface area contributed by atoms with Gasteiger partial charge in [0.25, 0.3) is 5.56 Å². The minimum absolute atomic E-state index is 0.00989. The van der Waals surface area contributed by atoms with Crippen LogP contribution in [0.15, 0.2) is 45.5 Å². The van der Waals surface area contributed by atoms with Crippen molar-refractivity contribution < 1.29 is 14.3 Å². The number of allylic oxidation sites excluding steroid dienone is 2. The molecule has 0 aliphatic carbocycles. The fraction of sp³-hybridized carbons (Fsp3) is 0.423. The lowest BCUT2D eigenvalue weighted by molar-refractivity contribution is 0.0600. The fourth-order valence-electron chi connectivity index (χ4n) is 4.55. The van der Waals surface area contributed by atoms with Gasteiger partial charge in [-0.25, -0.2) is 9.59 Å². The second kappa shape index (κ2) is 10.6. The summed E-state index contributed by atoms with van der Waals surface area (Å²) in [5.41, 5.74) is 6.91. The molecule has 0 saturated carbocycles. The topological polar surface area (TPSA) is 134 Å². The molecule has 0 bridgehead atoms. The van der Waals surface area contributed by atoms with Crippen molar-refractivity contribution in [2.24, 2.45) is 12.8 Å². The van der Waals surface area contributed by atoms with Crippen LogP contribution in [0.5, 0.6) is 0 Å². The molecule has 37 heavy (non-hydrogen) atoms. The number of rotatable bonds is 7. The van der Waals surface area contributed by atoms with Crippen LogP contribution in [0, 0.1) is 0 Å². The number of imidazole rings is 1. The Kier molecular flexibility index (Phi) is 7.44. The Morgan fingerprint density at radius 3 is 2.59 bits per heavy atom. The molecule has 11 heteroatoms. The normalized spacial score (nSPS) is 15.6. The van der Waals surface area contributed by atoms with Crippen molar-refractivity contribution in [3.8, 4) is 0 Å². The molecule has 3 aromatic rings. The first-order valence-corrected chi connectivity index (χ1v) is 12.2. The summed E-state index contributed by atoms with van der Waals surface area (Å²) in [4.78, 5) is 58.7. The van der Waals surface area contributed by atoms with Crippen LogP contribution in [-0.4, -0.2) is 56.7 Å². The molecule has 1 atom stereocenters. The molecule has 2 aromatic heterocycles. The Balaban J connectivity index is 1.84. The van der Waals surface area contributed by atoms with E-state index in [2.05, 4.69) is 0 Å². The minimum atomic E-state index is -0.649. The summed E-state index contributed by atoms with van der Waals surface area (Å²) >= 11 is 0. The van der Waals surface area contributed by atoms with E-state index in [4.69, 9.17) is 15.5 Å². The van der Waals surface area contributed by atoms with Gasteiger partial charge in [0, 0.05) is 38.3 Å². The molecule has 1 aromatic carbocycles. The number of carbonyl (C=O) groups excluding carboxylic acids is 2. The number of benzene rings is 1. The summed E-state index contributed by atoms with van der Waals surface area (Å²) < 4.78 is 8.72. The Morgan fingerprint density at radius 1 is 1.19 bits per heavy atom. The number of hydrogen-bond donors (Lipinski definition) is 1. The van der Waals surface area contributed by atoms with Gasteiger partial charge in [-0.3, -0.25) is 18.7 Å². The largest absolute Gasteiger partial charge is 0.465 e. The standard InChI is InChI=1S/C26H32N6O5/c1-16(2)10-12-31-21-22(28-25(31)30-11-6-9-19(27)14-30)29(3)26(36)32(23(21)34)15-20(33)17-7-5-8-18(13-17)24(35)37-4/h5,7-8,10,13,19H,6,9,11-12,14-15,27H2,1-4H3. The monoisotopic (exact) mass is 508 g/mol. The Bertz CT molecular complexity index is 1510. The quantitative estimate of drug-likeness (QED) is 0.288. The molecule has 1 saturated heterocycles. The van der Waals surface area contributed by atoms with E-state index in [1.807, 2.05) is 24.8 Å². The summed E-state index contributed by atoms with van der Waals surface area (Å²) in [5, 5.41) is 0. The van der Waals surface area contributed by atoms with Crippen LogP contribution in [0.1, 0.15) is 47.4 Å². The highest BCUT2D eigenvalue weighted by Crippen LogP contribution is 2.23. The number of piperidine rings is 1. The van der Waals surface area contributed by atoms with Crippen molar-refractivity contribution in [1.29, 1.82) is 0 Å². The first-order chi connectivity index (χ1) is 17.6. The molecule has 3 heterocycles. The maximum atomic E-state index is 13.7. The number of nitrogens with two attached hydrogens (primary N) is 1. The Labute approximate surface area is 213 Å². The van der Waals surface area contributed by atoms with Crippen molar-refractivity contribution in [2.75, 3.05) is 25.1 Å². The van der Waals surface area contributed by atoms with Crippen LogP contribution >= 0.6 is 0 Å². The average Bonchev–Trinajstić information content (AvgIpc) is 3.28. The molecule has 1 aliphatic heterocycles. The van der Waals surface area contributed by atoms with Crippen molar-refractivity contribution in [2.45, 2.75) is 45.8 Å². The van der Waals surface area contributed by atoms with Crippen molar-refractivity contribution in [3.63, 3.8) is 0 Å². The number of carbonyl (C=O) groups is 2. The molecule has 1 aliphatic rings. The van der Waals surface area contributed by atoms with Crippen LogP contribution in [-0.2, 0) is 24.9 Å². The van der Waals surface area contributed by atoms with Gasteiger partial charge in [-0.1, -0.05) is 23.8 Å². The fourth-order valence-corrected chi connectivity index (χ4v) is 4.55. The molecule has 0 spiro atoms. The average molecular weight is 509 g/mol. The molecular formula is C26H32N6O5. The van der Waals surface area contributed by atoms with Gasteiger partial charge in [0.05, 0.1) is 19.2 Å². The third kappa shape index (κ3) is 5.12. The number of ketones is 1. The number of esters is 1. The predicted molar refractivity (Wildman–Crippen MR) is 140 cm³/mol. The van der Waals surface area contributed by atoms with E-state index in [-0.39, 0.29) is 28.3 Å². The van der Waals surface area contributed by atoms with E-state index in [0.29, 0.717) is 19.0 Å². The highest BCUT2D eigenvalue weighted by Gasteiger charge is 2.26. The van der Waals surface area contributed by atoms with Crippen molar-refractivity contribution in [1.82, 2.24) is 18.7 Å². The third-order valence-corrected chi connectivity index (χ3v) is 6.54. The SMILES string of the molecule is COC(=O)c1cccc(C(=O)Cn2c(=O)c3c(nc(N4CCCC(N)C4)n3CC=C(C)C)n(C)c2=O)c1. The summed E-state index contributed by atoms with van der Waals surface area (Å²) in [6.07, 6.45) is 3.79. The van der Waals surface area contributed by atoms with Gasteiger partial charge in [-0.15, -0.1) is 0 Å². The molecule has 196 valence electrons. The summed E-state index contributed by atoms with van der Waals surface area (Å²) in [6, 6.07) is 5.98. The first-order valence-electron chi connectivity index (χ1n) is 12.2. The lowest BCUT2D eigenvalue weighted by Gasteiger charge is -2.31. The highest BCUT2D eigenvalue weighted by molar-refractivity contribution is 5.99. The third-order valence-electron chi connectivity index (χ3n) is 6.54. The number of hydrogen-bond acceptors (Lipinski definition) is 8. The van der Waals surface area contributed by atoms with Gasteiger partial charge in [0.1, 0.15) is 0 Å². The van der Waals surface area contributed by atoms with Crippen LogP contribution in [0.25, 0.3) is 11.2 Å². The summed E-state index contributed by atoms with van der Waals surface area (Å²) in [7, 11) is 2.78. The minimum Gasteiger partial charge on any atom is -0.465 e. The Hall–Kier alpha value is -3.99. The van der Waals surface area contributed by atoms with Crippen LogP contribution in [0.3, 0.4) is 0 Å². The Morgan fingerprint density at radius 2 is 1.92 bits per heavy atom. The van der Waals surface area contributed by atoms with Gasteiger partial charge in [0.15, 0.2) is 16.9 Å². The maximum Gasteiger partial charge on any atom is 0.337 e. The molecule has 1 unspecified atom stereocenters. The van der Waals surface area contributed by atoms with E-state index >= 15 is 0 Å². The van der Waals surface area contributed by atoms with E-state index in [9.17, 15) is 19.2 Å². The smallest absolute Gasteiger partial charge is 0.337 e. The maximum absolute atomic E-state index is 13.7. The van der Waals surface area contributed by atoms with Gasteiger partial charge in [-0.2, -0.15) is 4.98 Å². The van der Waals surface area contributed by atoms with E-state index < -0.39 is 29.5 Å². The molecule has 0 radical (unpaired) electrons. The van der Waals surface area contributed by atoms with E-state index in [0.717, 1.165) is 29.5 Å². The predicted octanol–water partition coefficient (Wildman–Crippen LogP) is 1.46. The zero-order valence-corrected chi connectivity index (χ0v) is 21.6. The van der Waals surface area contributed by atoms with Gasteiger partial charge in [0.2, 0.25) is 5.95 Å². The number of anilines is 1. The zero-order chi connectivity index (χ0) is 26.9. The van der Waals surface area contributed by atoms with Gasteiger partial charge >= 0.3 is 11.7 Å². The summed E-state index contributed by atoms with van der Waals surface area (Å²) in [6.45, 7) is 5.15. The number of Topliss-reactive ketones (excluding diaryl/α,β-unsaturated/α-hetero) is 1. The summed E-state index contributed by atoms with van der Waals surface area (Å²) in [5.74, 6) is -0.496.